The summed E-state index contributed by atoms with van der Waals surface area (Å²) in [7, 11) is 0. The molecular weight excluding hydrogens is 392 g/mol. The molecule has 0 atom stereocenters. The Hall–Kier alpha value is 0.420. The van der Waals surface area contributed by atoms with Gasteiger partial charge in [-0.05, 0) is 56.8 Å². The lowest BCUT2D eigenvalue weighted by atomic mass is 10.3. The monoisotopic (exact) mass is 400 g/mol. The number of ether oxygens (including phenoxy) is 1. The zero-order valence-corrected chi connectivity index (χ0v) is 12.7. The second-order valence-electron chi connectivity index (χ2n) is 2.98. The molecule has 2 nitrogen and oxygen atoms in total. The summed E-state index contributed by atoms with van der Waals surface area (Å²) in [6.45, 7) is 0.825. The minimum atomic E-state index is 0.214. The van der Waals surface area contributed by atoms with E-state index >= 15 is 0 Å². The zero-order valence-electron chi connectivity index (χ0n) is 7.97. The molecule has 5 heteroatoms. The maximum atomic E-state index is 8.63. The summed E-state index contributed by atoms with van der Waals surface area (Å²) in [4.78, 5) is 0. The van der Waals surface area contributed by atoms with Crippen LogP contribution in [-0.4, -0.2) is 18.3 Å². The Morgan fingerprint density at radius 1 is 1.07 bits per heavy atom. The summed E-state index contributed by atoms with van der Waals surface area (Å²) < 4.78 is 8.41. The fraction of sp³-hybridized carbons (Fsp3) is 0.400. The van der Waals surface area contributed by atoms with Crippen LogP contribution in [0.4, 0.5) is 0 Å². The Morgan fingerprint density at radius 2 is 1.67 bits per heavy atom. The number of aliphatic hydroxyl groups excluding tert-OH is 1. The molecule has 1 rings (SSSR count). The van der Waals surface area contributed by atoms with E-state index in [-0.39, 0.29) is 6.61 Å². The highest BCUT2D eigenvalue weighted by molar-refractivity contribution is 9.11. The van der Waals surface area contributed by atoms with Crippen LogP contribution >= 0.6 is 47.8 Å². The van der Waals surface area contributed by atoms with Crippen molar-refractivity contribution in [3.05, 3.63) is 25.6 Å². The van der Waals surface area contributed by atoms with Gasteiger partial charge in [-0.3, -0.25) is 0 Å². The Labute approximate surface area is 114 Å². The number of benzene rings is 1. The molecule has 15 heavy (non-hydrogen) atoms. The first-order valence-corrected chi connectivity index (χ1v) is 6.91. The van der Waals surface area contributed by atoms with Crippen molar-refractivity contribution in [2.45, 2.75) is 12.8 Å². The van der Waals surface area contributed by atoms with Crippen LogP contribution in [0.3, 0.4) is 0 Å². The molecule has 0 unspecified atom stereocenters. The molecule has 1 N–H and O–H groups in total. The first-order chi connectivity index (χ1) is 7.15. The topological polar surface area (TPSA) is 29.5 Å². The normalized spacial score (nSPS) is 10.4. The van der Waals surface area contributed by atoms with Crippen molar-refractivity contribution < 1.29 is 9.84 Å². The zero-order chi connectivity index (χ0) is 11.3. The molecule has 1 aromatic rings. The fourth-order valence-corrected chi connectivity index (χ4v) is 3.54. The van der Waals surface area contributed by atoms with Crippen LogP contribution in [0.2, 0.25) is 0 Å². The van der Waals surface area contributed by atoms with Gasteiger partial charge < -0.3 is 9.84 Å². The Bertz CT molecular complexity index is 305. The number of unbranched alkanes of at least 4 members (excludes halogenated alkanes) is 1. The van der Waals surface area contributed by atoms with Gasteiger partial charge in [-0.15, -0.1) is 0 Å². The van der Waals surface area contributed by atoms with E-state index in [4.69, 9.17) is 9.84 Å². The van der Waals surface area contributed by atoms with Crippen molar-refractivity contribution in [3.8, 4) is 5.75 Å². The molecule has 1 aromatic carbocycles. The third-order valence-corrected chi connectivity index (χ3v) is 3.40. The lowest BCUT2D eigenvalue weighted by molar-refractivity contribution is 0.252. The molecule has 0 aliphatic heterocycles. The van der Waals surface area contributed by atoms with Crippen molar-refractivity contribution in [2.75, 3.05) is 13.2 Å². The smallest absolute Gasteiger partial charge is 0.147 e. The van der Waals surface area contributed by atoms with Gasteiger partial charge in [0.05, 0.1) is 15.6 Å². The average molecular weight is 403 g/mol. The fourth-order valence-electron chi connectivity index (χ4n) is 1.05. The van der Waals surface area contributed by atoms with E-state index in [0.29, 0.717) is 6.61 Å². The summed E-state index contributed by atoms with van der Waals surface area (Å²) in [5, 5.41) is 8.63. The summed E-state index contributed by atoms with van der Waals surface area (Å²) >= 11 is 10.3. The second kappa shape index (κ2) is 6.89. The van der Waals surface area contributed by atoms with Crippen LogP contribution in [0.15, 0.2) is 25.6 Å². The number of rotatable bonds is 5. The van der Waals surface area contributed by atoms with Crippen LogP contribution < -0.4 is 4.74 Å². The first-order valence-electron chi connectivity index (χ1n) is 4.53. The molecule has 0 amide bonds. The van der Waals surface area contributed by atoms with Gasteiger partial charge in [-0.2, -0.15) is 0 Å². The van der Waals surface area contributed by atoms with Gasteiger partial charge in [0, 0.05) is 11.1 Å². The maximum absolute atomic E-state index is 8.63. The quantitative estimate of drug-likeness (QED) is 0.750. The van der Waals surface area contributed by atoms with E-state index in [1.807, 2.05) is 12.1 Å². The lowest BCUT2D eigenvalue weighted by Gasteiger charge is -2.10. The Balaban J connectivity index is 2.60. The molecule has 0 aromatic heterocycles. The predicted molar refractivity (Wildman–Crippen MR) is 71.4 cm³/mol. The molecule has 0 radical (unpaired) electrons. The van der Waals surface area contributed by atoms with Crippen molar-refractivity contribution in [1.29, 1.82) is 0 Å². The minimum Gasteiger partial charge on any atom is -0.491 e. The van der Waals surface area contributed by atoms with Gasteiger partial charge in [0.2, 0.25) is 0 Å². The van der Waals surface area contributed by atoms with Crippen LogP contribution in [0, 0.1) is 0 Å². The minimum absolute atomic E-state index is 0.214. The highest BCUT2D eigenvalue weighted by atomic mass is 79.9. The molecule has 0 spiro atoms. The third kappa shape index (κ3) is 4.43. The highest BCUT2D eigenvalue weighted by Gasteiger charge is 2.07. The van der Waals surface area contributed by atoms with Gasteiger partial charge in [0.25, 0.3) is 0 Å². The lowest BCUT2D eigenvalue weighted by Crippen LogP contribution is -1.99. The molecule has 0 aliphatic rings. The average Bonchev–Trinajstić information content (AvgIpc) is 2.15. The van der Waals surface area contributed by atoms with Crippen molar-refractivity contribution in [3.63, 3.8) is 0 Å². The van der Waals surface area contributed by atoms with E-state index in [2.05, 4.69) is 47.8 Å². The number of halogens is 3. The first kappa shape index (κ1) is 13.5. The number of hydrogen-bond acceptors (Lipinski definition) is 2. The summed E-state index contributed by atoms with van der Waals surface area (Å²) in [5.74, 6) is 0.802. The van der Waals surface area contributed by atoms with Crippen molar-refractivity contribution in [2.24, 2.45) is 0 Å². The van der Waals surface area contributed by atoms with Gasteiger partial charge in [-0.1, -0.05) is 15.9 Å². The van der Waals surface area contributed by atoms with E-state index in [0.717, 1.165) is 32.0 Å². The maximum Gasteiger partial charge on any atom is 0.147 e. The van der Waals surface area contributed by atoms with E-state index in [1.54, 1.807) is 0 Å². The van der Waals surface area contributed by atoms with Gasteiger partial charge >= 0.3 is 0 Å². The van der Waals surface area contributed by atoms with Crippen molar-refractivity contribution in [1.82, 2.24) is 0 Å². The summed E-state index contributed by atoms with van der Waals surface area (Å²) in [6.07, 6.45) is 1.62. The van der Waals surface area contributed by atoms with E-state index in [1.165, 1.54) is 0 Å². The highest BCUT2D eigenvalue weighted by Crippen LogP contribution is 2.36. The molecule has 84 valence electrons. The van der Waals surface area contributed by atoms with Crippen LogP contribution in [0.1, 0.15) is 12.8 Å². The van der Waals surface area contributed by atoms with Crippen molar-refractivity contribution >= 4 is 47.8 Å². The molecular formula is C10H11Br3O2. The molecule has 0 fully saturated rings. The number of hydrogen-bond donors (Lipinski definition) is 1. The SMILES string of the molecule is OCCCCOc1c(Br)cc(Br)cc1Br. The molecule has 0 heterocycles. The molecule has 0 aliphatic carbocycles. The second-order valence-corrected chi connectivity index (χ2v) is 5.60. The van der Waals surface area contributed by atoms with Crippen LogP contribution in [0.25, 0.3) is 0 Å². The molecule has 0 bridgehead atoms. The van der Waals surface area contributed by atoms with Gasteiger partial charge in [0.15, 0.2) is 0 Å². The summed E-state index contributed by atoms with van der Waals surface area (Å²) in [5.41, 5.74) is 0. The van der Waals surface area contributed by atoms with Crippen LogP contribution in [0.5, 0.6) is 5.75 Å². The van der Waals surface area contributed by atoms with E-state index in [9.17, 15) is 0 Å². The Kier molecular flexibility index (Phi) is 6.19. The third-order valence-electron chi connectivity index (χ3n) is 1.76. The molecule has 0 saturated heterocycles. The van der Waals surface area contributed by atoms with Crippen LogP contribution in [-0.2, 0) is 0 Å². The Morgan fingerprint density at radius 3 is 2.20 bits per heavy atom. The van der Waals surface area contributed by atoms with Gasteiger partial charge in [0.1, 0.15) is 5.75 Å². The predicted octanol–water partition coefficient (Wildman–Crippen LogP) is 4.13. The van der Waals surface area contributed by atoms with Gasteiger partial charge in [-0.25, -0.2) is 0 Å². The standard InChI is InChI=1S/C10H11Br3O2/c11-7-5-8(12)10(9(13)6-7)15-4-2-1-3-14/h5-6,14H,1-4H2. The van der Waals surface area contributed by atoms with E-state index < -0.39 is 0 Å². The largest absolute Gasteiger partial charge is 0.491 e. The molecule has 0 saturated carbocycles. The summed E-state index contributed by atoms with van der Waals surface area (Å²) in [6, 6.07) is 3.87. The number of aliphatic hydroxyl groups is 1.